The van der Waals surface area contributed by atoms with Crippen LogP contribution in [0, 0.1) is 12.7 Å². The number of nitrogen functional groups attached to an aromatic ring is 1. The van der Waals surface area contributed by atoms with Crippen molar-refractivity contribution in [3.8, 4) is 0 Å². The lowest BCUT2D eigenvalue weighted by Crippen LogP contribution is -1.95. The van der Waals surface area contributed by atoms with E-state index in [9.17, 15) is 4.39 Å². The van der Waals surface area contributed by atoms with E-state index in [0.717, 1.165) is 23.2 Å². The van der Waals surface area contributed by atoms with E-state index in [2.05, 4.69) is 20.9 Å². The first-order valence-corrected chi connectivity index (χ1v) is 7.85. The van der Waals surface area contributed by atoms with E-state index in [4.69, 9.17) is 5.73 Å². The van der Waals surface area contributed by atoms with Gasteiger partial charge in [0.2, 0.25) is 0 Å². The number of anilines is 1. The molecule has 1 aromatic carbocycles. The van der Waals surface area contributed by atoms with E-state index in [1.165, 1.54) is 29.1 Å². The monoisotopic (exact) mass is 340 g/mol. The van der Waals surface area contributed by atoms with E-state index in [-0.39, 0.29) is 5.82 Å². The Morgan fingerprint density at radius 1 is 1.47 bits per heavy atom. The Hall–Kier alpha value is -0.940. The van der Waals surface area contributed by atoms with E-state index < -0.39 is 0 Å². The molecule has 0 amide bonds. The molecule has 0 saturated heterocycles. The minimum Gasteiger partial charge on any atom is -0.375 e. The van der Waals surface area contributed by atoms with Gasteiger partial charge in [-0.05, 0) is 59.0 Å². The molecule has 0 radical (unpaired) electrons. The summed E-state index contributed by atoms with van der Waals surface area (Å²) in [5.74, 6) is 0.357. The maximum Gasteiger partial charge on any atom is 0.180 e. The highest BCUT2D eigenvalue weighted by molar-refractivity contribution is 9.10. The first-order chi connectivity index (χ1) is 9.04. The predicted octanol–water partition coefficient (Wildman–Crippen LogP) is 4.40. The molecular weight excluding hydrogens is 327 g/mol. The Kier molecular flexibility index (Phi) is 3.35. The number of halogens is 2. The van der Waals surface area contributed by atoms with Gasteiger partial charge >= 0.3 is 0 Å². The standard InChI is InChI=1S/C14H14BrFN2S/c1-7-4-10(15)11(16)5-9(7)6-12-13(8-2-3-8)18-14(17)19-12/h4-5,8H,2-3,6H2,1H3,(H2,17,18). The van der Waals surface area contributed by atoms with Crippen LogP contribution in [0.4, 0.5) is 9.52 Å². The lowest BCUT2D eigenvalue weighted by molar-refractivity contribution is 0.618. The van der Waals surface area contributed by atoms with Crippen LogP contribution in [0.1, 0.15) is 40.5 Å². The fraction of sp³-hybridized carbons (Fsp3) is 0.357. The smallest absolute Gasteiger partial charge is 0.180 e. The molecule has 0 atom stereocenters. The van der Waals surface area contributed by atoms with E-state index in [1.807, 2.05) is 13.0 Å². The molecule has 1 aliphatic rings. The van der Waals surface area contributed by atoms with Gasteiger partial charge in [0.25, 0.3) is 0 Å². The first kappa shape index (κ1) is 13.1. The van der Waals surface area contributed by atoms with Crippen molar-refractivity contribution in [3.05, 3.63) is 44.1 Å². The third-order valence-electron chi connectivity index (χ3n) is 3.44. The van der Waals surface area contributed by atoms with Gasteiger partial charge in [-0.2, -0.15) is 0 Å². The maximum atomic E-state index is 13.7. The Balaban J connectivity index is 1.95. The van der Waals surface area contributed by atoms with Gasteiger partial charge in [-0.25, -0.2) is 9.37 Å². The molecule has 2 aromatic rings. The number of aromatic nitrogens is 1. The molecule has 100 valence electrons. The minimum atomic E-state index is -0.217. The van der Waals surface area contributed by atoms with Gasteiger partial charge in [0.1, 0.15) is 5.82 Å². The number of rotatable bonds is 3. The second kappa shape index (κ2) is 4.87. The van der Waals surface area contributed by atoms with Crippen LogP contribution in [-0.2, 0) is 6.42 Å². The summed E-state index contributed by atoms with van der Waals surface area (Å²) >= 11 is 4.74. The van der Waals surface area contributed by atoms with Crippen molar-refractivity contribution in [2.45, 2.75) is 32.1 Å². The largest absolute Gasteiger partial charge is 0.375 e. The molecule has 19 heavy (non-hydrogen) atoms. The van der Waals surface area contributed by atoms with Crippen molar-refractivity contribution in [1.29, 1.82) is 0 Å². The molecule has 1 aliphatic carbocycles. The molecule has 5 heteroatoms. The van der Waals surface area contributed by atoms with Crippen LogP contribution in [0.25, 0.3) is 0 Å². The van der Waals surface area contributed by atoms with Crippen LogP contribution < -0.4 is 5.73 Å². The van der Waals surface area contributed by atoms with Gasteiger partial charge in [0.05, 0.1) is 10.2 Å². The summed E-state index contributed by atoms with van der Waals surface area (Å²) in [6.07, 6.45) is 3.12. The van der Waals surface area contributed by atoms with Gasteiger partial charge < -0.3 is 5.73 Å². The number of benzene rings is 1. The highest BCUT2D eigenvalue weighted by atomic mass is 79.9. The molecule has 0 unspecified atom stereocenters. The molecule has 1 fully saturated rings. The van der Waals surface area contributed by atoms with Gasteiger partial charge in [0.15, 0.2) is 5.13 Å². The number of thiazole rings is 1. The Morgan fingerprint density at radius 2 is 2.21 bits per heavy atom. The molecule has 1 saturated carbocycles. The van der Waals surface area contributed by atoms with Crippen molar-refractivity contribution in [1.82, 2.24) is 4.98 Å². The third-order valence-corrected chi connectivity index (χ3v) is 4.95. The maximum absolute atomic E-state index is 13.7. The molecule has 2 nitrogen and oxygen atoms in total. The van der Waals surface area contributed by atoms with E-state index in [0.29, 0.717) is 15.5 Å². The second-order valence-electron chi connectivity index (χ2n) is 5.00. The van der Waals surface area contributed by atoms with Crippen LogP contribution in [0.3, 0.4) is 0 Å². The summed E-state index contributed by atoms with van der Waals surface area (Å²) in [6.45, 7) is 2.00. The second-order valence-corrected chi connectivity index (χ2v) is 6.97. The normalized spacial score (nSPS) is 14.9. The van der Waals surface area contributed by atoms with Gasteiger partial charge in [-0.1, -0.05) is 0 Å². The van der Waals surface area contributed by atoms with Gasteiger partial charge in [-0.15, -0.1) is 11.3 Å². The van der Waals surface area contributed by atoms with Crippen molar-refractivity contribution in [2.24, 2.45) is 0 Å². The average Bonchev–Trinajstić information content (AvgIpc) is 3.11. The highest BCUT2D eigenvalue weighted by Gasteiger charge is 2.29. The molecule has 0 aliphatic heterocycles. The van der Waals surface area contributed by atoms with Crippen molar-refractivity contribution < 1.29 is 4.39 Å². The molecule has 0 bridgehead atoms. The van der Waals surface area contributed by atoms with Crippen molar-refractivity contribution in [3.63, 3.8) is 0 Å². The average molecular weight is 341 g/mol. The van der Waals surface area contributed by atoms with Crippen molar-refractivity contribution >= 4 is 32.4 Å². The number of nitrogens with two attached hydrogens (primary N) is 1. The molecule has 3 rings (SSSR count). The van der Waals surface area contributed by atoms with Crippen LogP contribution in [0.15, 0.2) is 16.6 Å². The fourth-order valence-corrected chi connectivity index (χ4v) is 3.63. The summed E-state index contributed by atoms with van der Waals surface area (Å²) in [5, 5.41) is 0.618. The SMILES string of the molecule is Cc1cc(Br)c(F)cc1Cc1sc(N)nc1C1CC1. The summed E-state index contributed by atoms with van der Waals surface area (Å²) in [5.41, 5.74) is 9.04. The van der Waals surface area contributed by atoms with Gasteiger partial charge in [-0.3, -0.25) is 0 Å². The number of nitrogens with zero attached hydrogens (tertiary/aromatic N) is 1. The van der Waals surface area contributed by atoms with E-state index >= 15 is 0 Å². The number of hydrogen-bond acceptors (Lipinski definition) is 3. The van der Waals surface area contributed by atoms with Crippen LogP contribution >= 0.6 is 27.3 Å². The lowest BCUT2D eigenvalue weighted by Gasteiger charge is -2.07. The molecule has 2 N–H and O–H groups in total. The zero-order valence-corrected chi connectivity index (χ0v) is 12.9. The van der Waals surface area contributed by atoms with E-state index in [1.54, 1.807) is 6.07 Å². The third kappa shape index (κ3) is 2.67. The zero-order chi connectivity index (χ0) is 13.6. The first-order valence-electron chi connectivity index (χ1n) is 6.24. The Bertz CT molecular complexity index is 635. The van der Waals surface area contributed by atoms with Crippen LogP contribution in [-0.4, -0.2) is 4.98 Å². The quantitative estimate of drug-likeness (QED) is 0.898. The molecule has 1 heterocycles. The lowest BCUT2D eigenvalue weighted by atomic mass is 10.0. The fourth-order valence-electron chi connectivity index (χ4n) is 2.24. The zero-order valence-electron chi connectivity index (χ0n) is 10.5. The van der Waals surface area contributed by atoms with Crippen LogP contribution in [0.5, 0.6) is 0 Å². The summed E-state index contributed by atoms with van der Waals surface area (Å²) in [7, 11) is 0. The topological polar surface area (TPSA) is 38.9 Å². The highest BCUT2D eigenvalue weighted by Crippen LogP contribution is 2.43. The van der Waals surface area contributed by atoms with Crippen molar-refractivity contribution in [2.75, 3.05) is 5.73 Å². The molecule has 0 spiro atoms. The Morgan fingerprint density at radius 3 is 2.89 bits per heavy atom. The predicted molar refractivity (Wildman–Crippen MR) is 80.1 cm³/mol. The Labute approximate surface area is 124 Å². The molecule has 1 aromatic heterocycles. The van der Waals surface area contributed by atoms with Crippen LogP contribution in [0.2, 0.25) is 0 Å². The number of hydrogen-bond donors (Lipinski definition) is 1. The van der Waals surface area contributed by atoms with Gasteiger partial charge in [0, 0.05) is 17.2 Å². The summed E-state index contributed by atoms with van der Waals surface area (Å²) < 4.78 is 14.2. The molecular formula is C14H14BrFN2S. The summed E-state index contributed by atoms with van der Waals surface area (Å²) in [6, 6.07) is 3.43. The minimum absolute atomic E-state index is 0.217. The summed E-state index contributed by atoms with van der Waals surface area (Å²) in [4.78, 5) is 5.62. The number of aryl methyl sites for hydroxylation is 1.